The minimum Gasteiger partial charge on any atom is -0.484 e. The van der Waals surface area contributed by atoms with E-state index in [-0.39, 0.29) is 19.1 Å². The van der Waals surface area contributed by atoms with Crippen molar-refractivity contribution in [2.75, 3.05) is 25.2 Å². The van der Waals surface area contributed by atoms with Crippen molar-refractivity contribution in [3.63, 3.8) is 0 Å². The molecule has 0 fully saturated rings. The second-order valence-electron chi connectivity index (χ2n) is 7.19. The Kier molecular flexibility index (Phi) is 7.21. The Bertz CT molecular complexity index is 922. The lowest BCUT2D eigenvalue weighted by molar-refractivity contribution is -0.118. The number of benzene rings is 2. The van der Waals surface area contributed by atoms with Crippen molar-refractivity contribution in [2.45, 2.75) is 33.2 Å². The Morgan fingerprint density at radius 2 is 1.79 bits per heavy atom. The maximum Gasteiger partial charge on any atom is 0.262 e. The van der Waals surface area contributed by atoms with Gasteiger partial charge in [-0.25, -0.2) is 12.7 Å². The lowest BCUT2D eigenvalue weighted by Crippen LogP contribution is -2.24. The monoisotopic (exact) mass is 404 g/mol. The summed E-state index contributed by atoms with van der Waals surface area (Å²) in [6, 6.07) is 13.0. The summed E-state index contributed by atoms with van der Waals surface area (Å²) in [5.74, 6) is 0.626. The number of hydrogen-bond donors (Lipinski definition) is 1. The van der Waals surface area contributed by atoms with Crippen LogP contribution in [0.4, 0.5) is 5.69 Å². The van der Waals surface area contributed by atoms with Crippen LogP contribution in [0.2, 0.25) is 0 Å². The van der Waals surface area contributed by atoms with Gasteiger partial charge in [0.05, 0.1) is 6.26 Å². The Balaban J connectivity index is 1.95. The molecular weight excluding hydrogens is 376 g/mol. The van der Waals surface area contributed by atoms with Gasteiger partial charge in [-0.05, 0) is 41.7 Å². The van der Waals surface area contributed by atoms with Crippen LogP contribution in [0.3, 0.4) is 0 Å². The highest BCUT2D eigenvalue weighted by atomic mass is 32.2. The first kappa shape index (κ1) is 21.9. The number of hydrogen-bond acceptors (Lipinski definition) is 4. The van der Waals surface area contributed by atoms with E-state index in [9.17, 15) is 13.2 Å². The standard InChI is InChI=1S/C21H28N2O4S/c1-15(2)19-8-6-7-16(3)21(19)22-20(24)14-27-18-11-9-17(10-12-18)13-23(4)28(5,25)26/h6-12,15H,13-14H2,1-5H3,(H,22,24). The molecule has 28 heavy (non-hydrogen) atoms. The van der Waals surface area contributed by atoms with Crippen molar-refractivity contribution in [1.82, 2.24) is 4.31 Å². The molecule has 2 aromatic rings. The van der Waals surface area contributed by atoms with Crippen molar-refractivity contribution < 1.29 is 17.9 Å². The third-order valence-corrected chi connectivity index (χ3v) is 5.72. The second kappa shape index (κ2) is 9.21. The van der Waals surface area contributed by atoms with Crippen LogP contribution in [-0.4, -0.2) is 38.5 Å². The number of amides is 1. The predicted molar refractivity (Wildman–Crippen MR) is 112 cm³/mol. The molecule has 0 bridgehead atoms. The molecule has 1 amide bonds. The predicted octanol–water partition coefficient (Wildman–Crippen LogP) is 3.53. The highest BCUT2D eigenvalue weighted by Crippen LogP contribution is 2.27. The van der Waals surface area contributed by atoms with Crippen LogP contribution >= 0.6 is 0 Å². The first-order valence-corrected chi connectivity index (χ1v) is 10.9. The number of sulfonamides is 1. The van der Waals surface area contributed by atoms with Gasteiger partial charge in [0.2, 0.25) is 10.0 Å². The zero-order valence-electron chi connectivity index (χ0n) is 17.0. The van der Waals surface area contributed by atoms with Gasteiger partial charge in [-0.15, -0.1) is 0 Å². The van der Waals surface area contributed by atoms with Gasteiger partial charge in [-0.3, -0.25) is 4.79 Å². The normalized spacial score (nSPS) is 11.7. The van der Waals surface area contributed by atoms with Crippen molar-refractivity contribution in [2.24, 2.45) is 0 Å². The number of aryl methyl sites for hydroxylation is 1. The van der Waals surface area contributed by atoms with E-state index in [0.717, 1.165) is 22.4 Å². The molecule has 0 aliphatic carbocycles. The number of carbonyl (C=O) groups excluding carboxylic acids is 1. The van der Waals surface area contributed by atoms with Crippen molar-refractivity contribution in [3.05, 3.63) is 59.2 Å². The van der Waals surface area contributed by atoms with E-state index in [1.54, 1.807) is 24.3 Å². The van der Waals surface area contributed by atoms with Crippen molar-refractivity contribution in [1.29, 1.82) is 0 Å². The van der Waals surface area contributed by atoms with Gasteiger partial charge in [0.1, 0.15) is 5.75 Å². The molecule has 2 rings (SSSR count). The van der Waals surface area contributed by atoms with Gasteiger partial charge in [0, 0.05) is 19.3 Å². The SMILES string of the molecule is Cc1cccc(C(C)C)c1NC(=O)COc1ccc(CN(C)S(C)(=O)=O)cc1. The molecular formula is C21H28N2O4S. The minimum absolute atomic E-state index is 0.103. The van der Waals surface area contributed by atoms with Gasteiger partial charge < -0.3 is 10.1 Å². The molecule has 6 nitrogen and oxygen atoms in total. The minimum atomic E-state index is -3.23. The average Bonchev–Trinajstić information content (AvgIpc) is 2.61. The third-order valence-electron chi connectivity index (χ3n) is 4.46. The Labute approximate surface area is 167 Å². The largest absolute Gasteiger partial charge is 0.484 e. The fraction of sp³-hybridized carbons (Fsp3) is 0.381. The van der Waals surface area contributed by atoms with E-state index in [4.69, 9.17) is 4.74 Å². The van der Waals surface area contributed by atoms with Gasteiger partial charge in [-0.2, -0.15) is 0 Å². The Hall–Kier alpha value is -2.38. The topological polar surface area (TPSA) is 75.7 Å². The van der Waals surface area contributed by atoms with Gasteiger partial charge >= 0.3 is 0 Å². The van der Waals surface area contributed by atoms with E-state index in [1.807, 2.05) is 25.1 Å². The zero-order valence-corrected chi connectivity index (χ0v) is 17.8. The van der Waals surface area contributed by atoms with Gasteiger partial charge in [0.15, 0.2) is 6.61 Å². The van der Waals surface area contributed by atoms with E-state index >= 15 is 0 Å². The molecule has 7 heteroatoms. The highest BCUT2D eigenvalue weighted by Gasteiger charge is 2.13. The number of nitrogens with zero attached hydrogens (tertiary/aromatic N) is 1. The van der Waals surface area contributed by atoms with Crippen molar-refractivity contribution in [3.8, 4) is 5.75 Å². The summed E-state index contributed by atoms with van der Waals surface area (Å²) in [6.45, 7) is 6.32. The van der Waals surface area contributed by atoms with Crippen LogP contribution in [0.25, 0.3) is 0 Å². The quantitative estimate of drug-likeness (QED) is 0.730. The van der Waals surface area contributed by atoms with Crippen LogP contribution < -0.4 is 10.1 Å². The highest BCUT2D eigenvalue weighted by molar-refractivity contribution is 7.88. The molecule has 0 aromatic heterocycles. The molecule has 1 N–H and O–H groups in total. The molecule has 2 aromatic carbocycles. The Morgan fingerprint density at radius 1 is 1.14 bits per heavy atom. The van der Waals surface area contributed by atoms with Crippen LogP contribution in [0.5, 0.6) is 5.75 Å². The Morgan fingerprint density at radius 3 is 2.36 bits per heavy atom. The summed E-state index contributed by atoms with van der Waals surface area (Å²) in [7, 11) is -1.70. The number of rotatable bonds is 8. The molecule has 0 unspecified atom stereocenters. The number of para-hydroxylation sites is 1. The number of anilines is 1. The fourth-order valence-corrected chi connectivity index (χ4v) is 3.12. The molecule has 0 saturated heterocycles. The van der Waals surface area contributed by atoms with E-state index in [2.05, 4.69) is 19.2 Å². The molecule has 0 spiro atoms. The van der Waals surface area contributed by atoms with Crippen LogP contribution in [0.1, 0.15) is 36.5 Å². The smallest absolute Gasteiger partial charge is 0.262 e. The fourth-order valence-electron chi connectivity index (χ4n) is 2.73. The molecule has 0 heterocycles. The summed E-state index contributed by atoms with van der Waals surface area (Å²) in [6.07, 6.45) is 1.17. The lowest BCUT2D eigenvalue weighted by Gasteiger charge is -2.17. The molecule has 0 atom stereocenters. The number of carbonyl (C=O) groups is 1. The molecule has 0 radical (unpaired) electrons. The maximum atomic E-state index is 12.3. The van der Waals surface area contributed by atoms with Gasteiger partial charge in [0.25, 0.3) is 5.91 Å². The average molecular weight is 405 g/mol. The summed E-state index contributed by atoms with van der Waals surface area (Å²) in [5, 5.41) is 2.95. The van der Waals surface area contributed by atoms with Crippen LogP contribution in [-0.2, 0) is 21.4 Å². The zero-order chi connectivity index (χ0) is 20.9. The van der Waals surface area contributed by atoms with Crippen LogP contribution in [0.15, 0.2) is 42.5 Å². The van der Waals surface area contributed by atoms with Crippen LogP contribution in [0, 0.1) is 6.92 Å². The lowest BCUT2D eigenvalue weighted by atomic mass is 9.98. The van der Waals surface area contributed by atoms with Gasteiger partial charge in [-0.1, -0.05) is 44.2 Å². The van der Waals surface area contributed by atoms with E-state index in [0.29, 0.717) is 11.7 Å². The first-order valence-electron chi connectivity index (χ1n) is 9.10. The van der Waals surface area contributed by atoms with E-state index in [1.165, 1.54) is 17.6 Å². The summed E-state index contributed by atoms with van der Waals surface area (Å²) >= 11 is 0. The van der Waals surface area contributed by atoms with Crippen molar-refractivity contribution >= 4 is 21.6 Å². The molecule has 0 aliphatic heterocycles. The number of ether oxygens (including phenoxy) is 1. The third kappa shape index (κ3) is 6.07. The van der Waals surface area contributed by atoms with E-state index < -0.39 is 10.0 Å². The maximum absolute atomic E-state index is 12.3. The molecule has 0 aliphatic rings. The number of nitrogens with one attached hydrogen (secondary N) is 1. The summed E-state index contributed by atoms with van der Waals surface area (Å²) < 4.78 is 29.8. The summed E-state index contributed by atoms with van der Waals surface area (Å²) in [4.78, 5) is 12.3. The molecule has 152 valence electrons. The second-order valence-corrected chi connectivity index (χ2v) is 9.28. The first-order chi connectivity index (χ1) is 13.1. The molecule has 0 saturated carbocycles. The summed E-state index contributed by atoms with van der Waals surface area (Å²) in [5.41, 5.74) is 3.78.